The summed E-state index contributed by atoms with van der Waals surface area (Å²) in [5, 5.41) is 0. The number of hydrogen-bond acceptors (Lipinski definition) is 1. The van der Waals surface area contributed by atoms with Crippen molar-refractivity contribution >= 4 is 0 Å². The van der Waals surface area contributed by atoms with Gasteiger partial charge in [-0.2, -0.15) is 0 Å². The third kappa shape index (κ3) is 2.90. The zero-order chi connectivity index (χ0) is 9.84. The van der Waals surface area contributed by atoms with Crippen LogP contribution in [0.2, 0.25) is 0 Å². The number of rotatable bonds is 4. The van der Waals surface area contributed by atoms with Gasteiger partial charge in [0.25, 0.3) is 0 Å². The highest BCUT2D eigenvalue weighted by molar-refractivity contribution is 4.86. The molecule has 0 aliphatic carbocycles. The second kappa shape index (κ2) is 4.89. The minimum absolute atomic E-state index is 0.293. The molecular weight excluding hydrogens is 172 g/mol. The second-order valence-corrected chi connectivity index (χ2v) is 4.18. The van der Waals surface area contributed by atoms with Crippen LogP contribution in [0.15, 0.2) is 0 Å². The Morgan fingerprint density at radius 3 is 2.69 bits per heavy atom. The zero-order valence-corrected chi connectivity index (χ0v) is 8.47. The molecule has 2 unspecified atom stereocenters. The topological polar surface area (TPSA) is 3.24 Å². The van der Waals surface area contributed by atoms with E-state index < -0.39 is 6.17 Å². The van der Waals surface area contributed by atoms with Gasteiger partial charge >= 0.3 is 0 Å². The Kier molecular flexibility index (Phi) is 4.10. The lowest BCUT2D eigenvalue weighted by Crippen LogP contribution is -2.34. The maximum atomic E-state index is 13.1. The minimum atomic E-state index is -0.702. The molecule has 1 aliphatic heterocycles. The van der Waals surface area contributed by atoms with E-state index in [1.807, 2.05) is 0 Å². The van der Waals surface area contributed by atoms with Crippen LogP contribution in [-0.4, -0.2) is 36.9 Å². The van der Waals surface area contributed by atoms with Crippen LogP contribution in [0.3, 0.4) is 0 Å². The summed E-state index contributed by atoms with van der Waals surface area (Å²) < 4.78 is 25.0. The highest BCUT2D eigenvalue weighted by Gasteiger charge is 2.33. The second-order valence-electron chi connectivity index (χ2n) is 4.18. The fourth-order valence-corrected chi connectivity index (χ4v) is 2.09. The third-order valence-corrected chi connectivity index (χ3v) is 2.75. The fraction of sp³-hybridized carbons (Fsp3) is 1.00. The lowest BCUT2D eigenvalue weighted by Gasteiger charge is -2.26. The van der Waals surface area contributed by atoms with Crippen LogP contribution < -0.4 is 0 Å². The lowest BCUT2D eigenvalue weighted by molar-refractivity contribution is 0.195. The largest absolute Gasteiger partial charge is 0.297 e. The first-order valence-electron chi connectivity index (χ1n) is 5.09. The number of alkyl halides is 2. The first kappa shape index (κ1) is 10.9. The van der Waals surface area contributed by atoms with Crippen molar-refractivity contribution in [3.63, 3.8) is 0 Å². The van der Waals surface area contributed by atoms with Crippen molar-refractivity contribution < 1.29 is 8.78 Å². The van der Waals surface area contributed by atoms with E-state index in [9.17, 15) is 8.78 Å². The van der Waals surface area contributed by atoms with E-state index in [1.54, 1.807) is 0 Å². The molecule has 0 radical (unpaired) electrons. The standard InChI is InChI=1S/C10H19F2N/c1-8(2)10-6-9(12)7-13(10)5-3-4-11/h8-10H,3-7H2,1-2H3. The molecule has 1 heterocycles. The third-order valence-electron chi connectivity index (χ3n) is 2.75. The van der Waals surface area contributed by atoms with Crippen LogP contribution in [-0.2, 0) is 0 Å². The summed E-state index contributed by atoms with van der Waals surface area (Å²) in [4.78, 5) is 2.09. The Bertz CT molecular complexity index is 150. The van der Waals surface area contributed by atoms with E-state index in [1.165, 1.54) is 0 Å². The minimum Gasteiger partial charge on any atom is -0.297 e. The lowest BCUT2D eigenvalue weighted by atomic mass is 10.0. The normalized spacial score (nSPS) is 30.2. The summed E-state index contributed by atoms with van der Waals surface area (Å²) >= 11 is 0. The molecule has 1 nitrogen and oxygen atoms in total. The molecule has 2 atom stereocenters. The van der Waals surface area contributed by atoms with E-state index in [4.69, 9.17) is 0 Å². The first-order chi connectivity index (χ1) is 6.15. The van der Waals surface area contributed by atoms with Gasteiger partial charge in [0.15, 0.2) is 0 Å². The average Bonchev–Trinajstić information content (AvgIpc) is 2.43. The van der Waals surface area contributed by atoms with E-state index in [0.717, 1.165) is 0 Å². The van der Waals surface area contributed by atoms with Crippen molar-refractivity contribution in [2.45, 2.75) is 38.9 Å². The van der Waals surface area contributed by atoms with Crippen molar-refractivity contribution in [1.82, 2.24) is 4.90 Å². The van der Waals surface area contributed by atoms with Gasteiger partial charge in [0.05, 0.1) is 6.67 Å². The van der Waals surface area contributed by atoms with E-state index in [2.05, 4.69) is 18.7 Å². The Morgan fingerprint density at radius 2 is 2.15 bits per heavy atom. The van der Waals surface area contributed by atoms with Gasteiger partial charge in [-0.3, -0.25) is 9.29 Å². The van der Waals surface area contributed by atoms with Gasteiger partial charge in [-0.15, -0.1) is 0 Å². The molecule has 0 amide bonds. The molecule has 0 N–H and O–H groups in total. The summed E-state index contributed by atoms with van der Waals surface area (Å²) in [5.41, 5.74) is 0. The summed E-state index contributed by atoms with van der Waals surface area (Å²) in [7, 11) is 0. The first-order valence-corrected chi connectivity index (χ1v) is 5.09. The quantitative estimate of drug-likeness (QED) is 0.659. The maximum absolute atomic E-state index is 13.1. The van der Waals surface area contributed by atoms with Crippen LogP contribution >= 0.6 is 0 Å². The summed E-state index contributed by atoms with van der Waals surface area (Å²) in [6, 6.07) is 0.321. The summed E-state index contributed by atoms with van der Waals surface area (Å²) in [6.45, 7) is 5.12. The Morgan fingerprint density at radius 1 is 1.46 bits per heavy atom. The van der Waals surface area contributed by atoms with Gasteiger partial charge in [0.2, 0.25) is 0 Å². The van der Waals surface area contributed by atoms with Gasteiger partial charge in [0.1, 0.15) is 6.17 Å². The molecule has 1 fully saturated rings. The van der Waals surface area contributed by atoms with Gasteiger partial charge in [-0.25, -0.2) is 4.39 Å². The Hall–Kier alpha value is -0.180. The summed E-state index contributed by atoms with van der Waals surface area (Å²) in [5.74, 6) is 0.473. The van der Waals surface area contributed by atoms with Crippen LogP contribution in [0.25, 0.3) is 0 Å². The molecule has 0 bridgehead atoms. The van der Waals surface area contributed by atoms with Crippen molar-refractivity contribution in [2.75, 3.05) is 19.8 Å². The van der Waals surface area contributed by atoms with Crippen molar-refractivity contribution in [3.05, 3.63) is 0 Å². The number of halogens is 2. The van der Waals surface area contributed by atoms with Crippen molar-refractivity contribution in [1.29, 1.82) is 0 Å². The molecule has 3 heteroatoms. The molecule has 1 aliphatic rings. The van der Waals surface area contributed by atoms with E-state index in [-0.39, 0.29) is 6.67 Å². The molecule has 1 saturated heterocycles. The maximum Gasteiger partial charge on any atom is 0.114 e. The average molecular weight is 191 g/mol. The number of hydrogen-bond donors (Lipinski definition) is 0. The smallest absolute Gasteiger partial charge is 0.114 e. The van der Waals surface area contributed by atoms with Gasteiger partial charge in [-0.1, -0.05) is 13.8 Å². The summed E-state index contributed by atoms with van der Waals surface area (Å²) in [6.07, 6.45) is 0.465. The van der Waals surface area contributed by atoms with Crippen molar-refractivity contribution in [2.24, 2.45) is 5.92 Å². The molecule has 1 rings (SSSR count). The Balaban J connectivity index is 2.41. The molecule has 0 aromatic carbocycles. The highest BCUT2D eigenvalue weighted by Crippen LogP contribution is 2.25. The predicted octanol–water partition coefficient (Wildman–Crippen LogP) is 2.41. The molecule has 13 heavy (non-hydrogen) atoms. The fourth-order valence-electron chi connectivity index (χ4n) is 2.09. The zero-order valence-electron chi connectivity index (χ0n) is 8.47. The van der Waals surface area contributed by atoms with Crippen LogP contribution in [0.1, 0.15) is 26.7 Å². The van der Waals surface area contributed by atoms with Gasteiger partial charge in [-0.05, 0) is 18.8 Å². The molecule has 78 valence electrons. The van der Waals surface area contributed by atoms with E-state index in [0.29, 0.717) is 37.9 Å². The Labute approximate surface area is 79.1 Å². The van der Waals surface area contributed by atoms with Crippen LogP contribution in [0.4, 0.5) is 8.78 Å². The molecule has 0 aromatic rings. The predicted molar refractivity (Wildman–Crippen MR) is 50.3 cm³/mol. The number of likely N-dealkylation sites (tertiary alicyclic amines) is 1. The molecule has 0 saturated carbocycles. The van der Waals surface area contributed by atoms with Crippen LogP contribution in [0.5, 0.6) is 0 Å². The molecule has 0 aromatic heterocycles. The van der Waals surface area contributed by atoms with E-state index >= 15 is 0 Å². The highest BCUT2D eigenvalue weighted by atomic mass is 19.1. The van der Waals surface area contributed by atoms with Crippen LogP contribution in [0, 0.1) is 5.92 Å². The van der Waals surface area contributed by atoms with Gasteiger partial charge in [0, 0.05) is 19.1 Å². The molecular formula is C10H19F2N. The van der Waals surface area contributed by atoms with Gasteiger partial charge < -0.3 is 0 Å². The number of nitrogens with zero attached hydrogens (tertiary/aromatic N) is 1. The molecule has 0 spiro atoms. The monoisotopic (exact) mass is 191 g/mol. The SMILES string of the molecule is CC(C)C1CC(F)CN1CCCF. The van der Waals surface area contributed by atoms with Crippen molar-refractivity contribution in [3.8, 4) is 0 Å².